The van der Waals surface area contributed by atoms with Crippen LogP contribution in [0.4, 0.5) is 0 Å². The molecule has 5 rings (SSSR count). The van der Waals surface area contributed by atoms with Crippen molar-refractivity contribution in [2.75, 3.05) is 0 Å². The highest BCUT2D eigenvalue weighted by molar-refractivity contribution is 5.97. The van der Waals surface area contributed by atoms with Gasteiger partial charge >= 0.3 is 5.97 Å². The molecule has 0 atom stereocenters. The van der Waals surface area contributed by atoms with Crippen LogP contribution in [-0.2, 0) is 24.4 Å². The van der Waals surface area contributed by atoms with E-state index in [1.54, 1.807) is 0 Å². The lowest BCUT2D eigenvalue weighted by molar-refractivity contribution is -0.131. The first-order valence-corrected chi connectivity index (χ1v) is 11.3. The number of benzene rings is 3. The molecule has 166 valence electrons. The maximum Gasteiger partial charge on any atom is 0.328 e. The molecule has 2 heterocycles. The minimum atomic E-state index is -0.971. The minimum Gasteiger partial charge on any atom is -0.488 e. The molecule has 0 radical (unpaired) electrons. The van der Waals surface area contributed by atoms with E-state index in [1.165, 1.54) is 11.6 Å². The first-order valence-electron chi connectivity index (χ1n) is 11.3. The summed E-state index contributed by atoms with van der Waals surface area (Å²) in [4.78, 5) is 16.5. The van der Waals surface area contributed by atoms with Crippen LogP contribution < -0.4 is 4.74 Å². The van der Waals surface area contributed by atoms with E-state index in [-0.39, 0.29) is 0 Å². The van der Waals surface area contributed by atoms with Crippen LogP contribution in [0.5, 0.6) is 5.75 Å². The van der Waals surface area contributed by atoms with Crippen molar-refractivity contribution in [2.24, 2.45) is 0 Å². The number of fused-ring (bicyclic) bond motifs is 3. The number of imidazole rings is 1. The number of nitrogens with zero attached hydrogens (tertiary/aromatic N) is 2. The van der Waals surface area contributed by atoms with Gasteiger partial charge in [0.05, 0.1) is 11.0 Å². The summed E-state index contributed by atoms with van der Waals surface area (Å²) in [6.07, 6.45) is 3.21. The van der Waals surface area contributed by atoms with E-state index in [9.17, 15) is 9.90 Å². The molecule has 0 bridgehead atoms. The highest BCUT2D eigenvalue weighted by atomic mass is 16.5. The van der Waals surface area contributed by atoms with E-state index >= 15 is 0 Å². The molecular formula is C28H26N2O3. The quantitative estimate of drug-likeness (QED) is 0.403. The van der Waals surface area contributed by atoms with Crippen molar-refractivity contribution < 1.29 is 14.6 Å². The summed E-state index contributed by atoms with van der Waals surface area (Å²) in [6, 6.07) is 20.2. The molecule has 1 aliphatic heterocycles. The Morgan fingerprint density at radius 3 is 2.79 bits per heavy atom. The number of aromatic nitrogens is 2. The molecule has 33 heavy (non-hydrogen) atoms. The zero-order chi connectivity index (χ0) is 22.9. The highest BCUT2D eigenvalue weighted by Crippen LogP contribution is 2.37. The summed E-state index contributed by atoms with van der Waals surface area (Å²) < 4.78 is 8.46. The fraction of sp³-hybridized carbons (Fsp3) is 0.214. The van der Waals surface area contributed by atoms with Crippen LogP contribution in [-0.4, -0.2) is 20.6 Å². The Bertz CT molecular complexity index is 1400. The van der Waals surface area contributed by atoms with Gasteiger partial charge in [-0.05, 0) is 47.7 Å². The summed E-state index contributed by atoms with van der Waals surface area (Å²) in [5.74, 6) is 0.812. The van der Waals surface area contributed by atoms with Gasteiger partial charge in [0.15, 0.2) is 0 Å². The molecule has 1 N–H and O–H groups in total. The standard InChI is InChI=1S/C28H26N2O3/c1-3-7-26-29-28-18(2)8-6-11-24(28)30(26)16-19-12-13-22-23(15-27(31)32)21-10-5-4-9-20(21)17-33-25(22)14-19/h4-6,8-15H,3,7,16-17H2,1-2H3,(H,31,32). The first kappa shape index (κ1) is 21.0. The second kappa shape index (κ2) is 8.58. The van der Waals surface area contributed by atoms with Crippen LogP contribution in [0.3, 0.4) is 0 Å². The van der Waals surface area contributed by atoms with Gasteiger partial charge in [0, 0.05) is 30.2 Å². The summed E-state index contributed by atoms with van der Waals surface area (Å²) in [6.45, 7) is 5.34. The van der Waals surface area contributed by atoms with Crippen LogP contribution >= 0.6 is 0 Å². The molecule has 0 unspecified atom stereocenters. The van der Waals surface area contributed by atoms with Gasteiger partial charge in [-0.3, -0.25) is 0 Å². The van der Waals surface area contributed by atoms with Crippen LogP contribution in [0.1, 0.15) is 47.0 Å². The average molecular weight is 439 g/mol. The molecule has 5 heteroatoms. The molecule has 3 aromatic carbocycles. The van der Waals surface area contributed by atoms with Gasteiger partial charge in [0.1, 0.15) is 18.2 Å². The van der Waals surface area contributed by atoms with E-state index in [1.807, 2.05) is 36.4 Å². The average Bonchev–Trinajstić information content (AvgIpc) is 3.07. The van der Waals surface area contributed by atoms with Gasteiger partial charge in [-0.2, -0.15) is 0 Å². The molecule has 4 aromatic rings. The topological polar surface area (TPSA) is 64.4 Å². The molecule has 0 spiro atoms. The Morgan fingerprint density at radius 2 is 1.97 bits per heavy atom. The Morgan fingerprint density at radius 1 is 1.12 bits per heavy atom. The fourth-order valence-electron chi connectivity index (χ4n) is 4.60. The molecule has 0 saturated heterocycles. The normalized spacial score (nSPS) is 13.9. The van der Waals surface area contributed by atoms with E-state index in [0.29, 0.717) is 24.5 Å². The second-order valence-corrected chi connectivity index (χ2v) is 8.48. The lowest BCUT2D eigenvalue weighted by atomic mass is 9.93. The number of carboxylic acid groups (broad SMARTS) is 1. The Labute approximate surface area is 193 Å². The highest BCUT2D eigenvalue weighted by Gasteiger charge is 2.21. The van der Waals surface area contributed by atoms with Crippen molar-refractivity contribution in [1.82, 2.24) is 9.55 Å². The van der Waals surface area contributed by atoms with Crippen molar-refractivity contribution in [3.05, 3.63) is 100 Å². The molecule has 0 saturated carbocycles. The van der Waals surface area contributed by atoms with Crippen LogP contribution in [0, 0.1) is 6.92 Å². The zero-order valence-corrected chi connectivity index (χ0v) is 18.8. The Kier molecular flexibility index (Phi) is 5.47. The number of ether oxygens (including phenoxy) is 1. The Hall–Kier alpha value is -3.86. The fourth-order valence-corrected chi connectivity index (χ4v) is 4.60. The third-order valence-corrected chi connectivity index (χ3v) is 6.17. The van der Waals surface area contributed by atoms with Gasteiger partial charge in [0.2, 0.25) is 0 Å². The number of rotatable bonds is 5. The molecule has 0 fully saturated rings. The number of para-hydroxylation sites is 1. The number of hydrogen-bond donors (Lipinski definition) is 1. The van der Waals surface area contributed by atoms with E-state index < -0.39 is 5.97 Å². The van der Waals surface area contributed by atoms with Gasteiger partial charge in [-0.25, -0.2) is 9.78 Å². The molecule has 0 amide bonds. The molecule has 0 aliphatic carbocycles. The first-order chi connectivity index (χ1) is 16.0. The van der Waals surface area contributed by atoms with Crippen molar-refractivity contribution in [3.63, 3.8) is 0 Å². The predicted molar refractivity (Wildman–Crippen MR) is 129 cm³/mol. The molecular weight excluding hydrogens is 412 g/mol. The van der Waals surface area contributed by atoms with Gasteiger partial charge in [-0.1, -0.05) is 55.5 Å². The summed E-state index contributed by atoms with van der Waals surface area (Å²) in [7, 11) is 0. The summed E-state index contributed by atoms with van der Waals surface area (Å²) >= 11 is 0. The zero-order valence-electron chi connectivity index (χ0n) is 18.8. The van der Waals surface area contributed by atoms with Crippen molar-refractivity contribution in [2.45, 2.75) is 39.8 Å². The monoisotopic (exact) mass is 438 g/mol. The van der Waals surface area contributed by atoms with Gasteiger partial charge < -0.3 is 14.4 Å². The molecule has 1 aliphatic rings. The summed E-state index contributed by atoms with van der Waals surface area (Å²) in [5, 5.41) is 9.51. The van der Waals surface area contributed by atoms with Crippen molar-refractivity contribution >= 4 is 22.6 Å². The predicted octanol–water partition coefficient (Wildman–Crippen LogP) is 5.75. The maximum atomic E-state index is 11.6. The third kappa shape index (κ3) is 3.91. The van der Waals surface area contributed by atoms with E-state index in [0.717, 1.165) is 52.0 Å². The number of aliphatic carboxylic acids is 1. The van der Waals surface area contributed by atoms with Gasteiger partial charge in [-0.15, -0.1) is 0 Å². The SMILES string of the molecule is CCCc1nc2c(C)cccc2n1Cc1ccc2c(c1)OCc1ccccc1C2=CC(=O)O. The van der Waals surface area contributed by atoms with Crippen molar-refractivity contribution in [1.29, 1.82) is 0 Å². The second-order valence-electron chi connectivity index (χ2n) is 8.48. The summed E-state index contributed by atoms with van der Waals surface area (Å²) in [5.41, 5.74) is 7.79. The van der Waals surface area contributed by atoms with E-state index in [2.05, 4.69) is 42.7 Å². The molecule has 1 aromatic heterocycles. The van der Waals surface area contributed by atoms with E-state index in [4.69, 9.17) is 9.72 Å². The maximum absolute atomic E-state index is 11.6. The Balaban J connectivity index is 1.59. The smallest absolute Gasteiger partial charge is 0.328 e. The molecule has 5 nitrogen and oxygen atoms in total. The van der Waals surface area contributed by atoms with Crippen LogP contribution in [0.2, 0.25) is 0 Å². The van der Waals surface area contributed by atoms with Crippen molar-refractivity contribution in [3.8, 4) is 5.75 Å². The lowest BCUT2D eigenvalue weighted by Crippen LogP contribution is -2.06. The largest absolute Gasteiger partial charge is 0.488 e. The number of carboxylic acids is 1. The lowest BCUT2D eigenvalue weighted by Gasteiger charge is -2.14. The van der Waals surface area contributed by atoms with Crippen LogP contribution in [0.25, 0.3) is 16.6 Å². The number of aryl methyl sites for hydroxylation is 2. The minimum absolute atomic E-state index is 0.401. The number of hydrogen-bond acceptors (Lipinski definition) is 3. The third-order valence-electron chi connectivity index (χ3n) is 6.17. The number of carbonyl (C=O) groups is 1. The van der Waals surface area contributed by atoms with Crippen LogP contribution in [0.15, 0.2) is 66.7 Å². The van der Waals surface area contributed by atoms with Gasteiger partial charge in [0.25, 0.3) is 0 Å².